The van der Waals surface area contributed by atoms with Crippen LogP contribution in [0.3, 0.4) is 0 Å². The maximum atomic E-state index is 12.1. The summed E-state index contributed by atoms with van der Waals surface area (Å²) in [4.78, 5) is 15.0. The Morgan fingerprint density at radius 2 is 1.91 bits per heavy atom. The molecule has 1 fully saturated rings. The molecule has 4 N–H and O–H groups in total. The van der Waals surface area contributed by atoms with Crippen LogP contribution in [-0.4, -0.2) is 57.0 Å². The van der Waals surface area contributed by atoms with E-state index in [4.69, 9.17) is 9.47 Å². The van der Waals surface area contributed by atoms with Crippen LogP contribution in [0.1, 0.15) is 17.4 Å². The number of H-pyrrole nitrogens is 1. The van der Waals surface area contributed by atoms with E-state index in [1.165, 1.54) is 6.92 Å². The summed E-state index contributed by atoms with van der Waals surface area (Å²) in [5, 5.41) is 30.0. The molecule has 0 bridgehead atoms. The van der Waals surface area contributed by atoms with E-state index in [1.54, 1.807) is 6.07 Å². The lowest BCUT2D eigenvalue weighted by atomic mass is 10.0. The van der Waals surface area contributed by atoms with Crippen LogP contribution in [0, 0.1) is 0 Å². The number of aromatic nitrogens is 1. The number of rotatable bonds is 2. The molecule has 118 valence electrons. The van der Waals surface area contributed by atoms with Gasteiger partial charge in [-0.3, -0.25) is 0 Å². The van der Waals surface area contributed by atoms with Gasteiger partial charge in [-0.25, -0.2) is 4.79 Å². The quantitative estimate of drug-likeness (QED) is 0.588. The number of aliphatic hydroxyl groups is 3. The largest absolute Gasteiger partial charge is 0.428 e. The molecule has 5 atom stereocenters. The summed E-state index contributed by atoms with van der Waals surface area (Å²) in [5.41, 5.74) is 0.994. The van der Waals surface area contributed by atoms with Gasteiger partial charge in [0.15, 0.2) is 0 Å². The molecule has 0 saturated carbocycles. The molecule has 0 spiro atoms. The van der Waals surface area contributed by atoms with Crippen LogP contribution in [0.25, 0.3) is 10.9 Å². The van der Waals surface area contributed by atoms with Gasteiger partial charge >= 0.3 is 5.97 Å². The van der Waals surface area contributed by atoms with Gasteiger partial charge in [-0.15, -0.1) is 0 Å². The predicted octanol–water partition coefficient (Wildman–Crippen LogP) is 0.152. The molecule has 7 nitrogen and oxygen atoms in total. The van der Waals surface area contributed by atoms with Gasteiger partial charge < -0.3 is 29.8 Å². The molecule has 3 rings (SSSR count). The number of aliphatic hydroxyl groups excluding tert-OH is 3. The first-order valence-electron chi connectivity index (χ1n) is 6.96. The Kier molecular flexibility index (Phi) is 3.88. The van der Waals surface area contributed by atoms with Crippen molar-refractivity contribution in [2.45, 2.75) is 37.6 Å². The highest BCUT2D eigenvalue weighted by Gasteiger charge is 2.43. The van der Waals surface area contributed by atoms with E-state index in [0.717, 1.165) is 10.9 Å². The summed E-state index contributed by atoms with van der Waals surface area (Å²) >= 11 is 0. The second-order valence-corrected chi connectivity index (χ2v) is 5.36. The van der Waals surface area contributed by atoms with Gasteiger partial charge in [-0.2, -0.15) is 0 Å². The van der Waals surface area contributed by atoms with Gasteiger partial charge in [0.1, 0.15) is 24.0 Å². The molecule has 7 heteroatoms. The van der Waals surface area contributed by atoms with Crippen molar-refractivity contribution in [3.8, 4) is 0 Å². The maximum Gasteiger partial charge on any atom is 0.357 e. The van der Waals surface area contributed by atoms with Crippen LogP contribution in [0.4, 0.5) is 0 Å². The van der Waals surface area contributed by atoms with Gasteiger partial charge in [-0.1, -0.05) is 18.2 Å². The summed E-state index contributed by atoms with van der Waals surface area (Å²) in [7, 11) is 0. The molecule has 1 aromatic heterocycles. The first-order valence-corrected chi connectivity index (χ1v) is 6.96. The molecule has 22 heavy (non-hydrogen) atoms. The lowest BCUT2D eigenvalue weighted by Gasteiger charge is -2.38. The Hall–Kier alpha value is -1.93. The van der Waals surface area contributed by atoms with Crippen LogP contribution in [0.5, 0.6) is 0 Å². The normalized spacial score (nSPS) is 32.1. The number of ether oxygens (including phenoxy) is 2. The number of benzene rings is 1. The molecule has 1 aliphatic heterocycles. The number of aromatic amines is 1. The van der Waals surface area contributed by atoms with E-state index < -0.39 is 36.7 Å². The predicted molar refractivity (Wildman–Crippen MR) is 76.1 cm³/mol. The minimum atomic E-state index is -1.51. The fourth-order valence-electron chi connectivity index (χ4n) is 2.46. The number of carbonyl (C=O) groups is 1. The van der Waals surface area contributed by atoms with Crippen LogP contribution >= 0.6 is 0 Å². The van der Waals surface area contributed by atoms with Gasteiger partial charge in [-0.05, 0) is 19.1 Å². The highest BCUT2D eigenvalue weighted by molar-refractivity contribution is 5.94. The number of esters is 1. The van der Waals surface area contributed by atoms with Crippen molar-refractivity contribution >= 4 is 16.9 Å². The number of fused-ring (bicyclic) bond motifs is 1. The molecule has 2 heterocycles. The Morgan fingerprint density at radius 3 is 2.64 bits per heavy atom. The molecule has 0 aliphatic carbocycles. The molecule has 0 amide bonds. The molecule has 0 unspecified atom stereocenters. The minimum Gasteiger partial charge on any atom is -0.428 e. The van der Waals surface area contributed by atoms with Crippen molar-refractivity contribution in [3.63, 3.8) is 0 Å². The van der Waals surface area contributed by atoms with Crippen molar-refractivity contribution in [3.05, 3.63) is 36.0 Å². The monoisotopic (exact) mass is 307 g/mol. The average molecular weight is 307 g/mol. The van der Waals surface area contributed by atoms with E-state index in [9.17, 15) is 20.1 Å². The van der Waals surface area contributed by atoms with E-state index >= 15 is 0 Å². The number of carbonyl (C=O) groups excluding carboxylic acids is 1. The summed E-state index contributed by atoms with van der Waals surface area (Å²) in [5.74, 6) is -0.712. The van der Waals surface area contributed by atoms with E-state index in [0.29, 0.717) is 0 Å². The van der Waals surface area contributed by atoms with Crippen LogP contribution < -0.4 is 0 Å². The van der Waals surface area contributed by atoms with Crippen molar-refractivity contribution in [1.29, 1.82) is 0 Å². The van der Waals surface area contributed by atoms with Gasteiger partial charge in [0.2, 0.25) is 6.29 Å². The van der Waals surface area contributed by atoms with Crippen molar-refractivity contribution in [1.82, 2.24) is 4.98 Å². The zero-order chi connectivity index (χ0) is 15.9. The topological polar surface area (TPSA) is 112 Å². The highest BCUT2D eigenvalue weighted by Crippen LogP contribution is 2.23. The molecule has 1 aliphatic rings. The van der Waals surface area contributed by atoms with Crippen molar-refractivity contribution in [2.24, 2.45) is 0 Å². The second kappa shape index (κ2) is 5.69. The summed E-state index contributed by atoms with van der Waals surface area (Å²) in [6.07, 6.45) is -6.30. The average Bonchev–Trinajstić information content (AvgIpc) is 2.94. The first kappa shape index (κ1) is 15.0. The lowest BCUT2D eigenvalue weighted by molar-refractivity contribution is -0.276. The molecule has 1 aromatic carbocycles. The number of hydrogen-bond acceptors (Lipinski definition) is 6. The first-order chi connectivity index (χ1) is 10.5. The summed E-state index contributed by atoms with van der Waals surface area (Å²) in [6, 6.07) is 8.97. The van der Waals surface area contributed by atoms with Crippen LogP contribution in [-0.2, 0) is 9.47 Å². The Bertz CT molecular complexity index is 650. The zero-order valence-corrected chi connectivity index (χ0v) is 11.8. The van der Waals surface area contributed by atoms with Crippen LogP contribution in [0.15, 0.2) is 30.3 Å². The van der Waals surface area contributed by atoms with Gasteiger partial charge in [0, 0.05) is 10.9 Å². The highest BCUT2D eigenvalue weighted by atomic mass is 16.7. The molecular formula is C15H17NO6. The Balaban J connectivity index is 1.76. The molecule has 1 saturated heterocycles. The van der Waals surface area contributed by atoms with E-state index in [-0.39, 0.29) is 5.69 Å². The van der Waals surface area contributed by atoms with Crippen molar-refractivity contribution in [2.75, 3.05) is 0 Å². The minimum absolute atomic E-state index is 0.213. The summed E-state index contributed by atoms with van der Waals surface area (Å²) in [6.45, 7) is 1.52. The smallest absolute Gasteiger partial charge is 0.357 e. The Labute approximate surface area is 126 Å². The van der Waals surface area contributed by atoms with Gasteiger partial charge in [0.25, 0.3) is 0 Å². The number of para-hydroxylation sites is 1. The SMILES string of the molecule is C[C@@H]1O[C@@H](OC(=O)c2cc3ccccc3[nH]2)[C@H](O)[C@H](O)[C@H]1O. The third-order valence-corrected chi connectivity index (χ3v) is 3.78. The second-order valence-electron chi connectivity index (χ2n) is 5.36. The fraction of sp³-hybridized carbons (Fsp3) is 0.400. The van der Waals surface area contributed by atoms with Crippen LogP contribution in [0.2, 0.25) is 0 Å². The Morgan fingerprint density at radius 1 is 1.18 bits per heavy atom. The van der Waals surface area contributed by atoms with Crippen molar-refractivity contribution < 1.29 is 29.6 Å². The third kappa shape index (κ3) is 2.59. The molecule has 2 aromatic rings. The fourth-order valence-corrected chi connectivity index (χ4v) is 2.46. The standard InChI is InChI=1S/C15H17NO6/c1-7-11(17)12(18)13(19)15(21-7)22-14(20)10-6-8-4-2-3-5-9(8)16-10/h2-7,11-13,15-19H,1H3/t7-,11-,12+,13+,15-/m0/s1. The molecular weight excluding hydrogens is 290 g/mol. The lowest BCUT2D eigenvalue weighted by Crippen LogP contribution is -2.57. The van der Waals surface area contributed by atoms with Gasteiger partial charge in [0.05, 0.1) is 6.10 Å². The zero-order valence-electron chi connectivity index (χ0n) is 11.8. The van der Waals surface area contributed by atoms with E-state index in [2.05, 4.69) is 4.98 Å². The number of nitrogens with one attached hydrogen (secondary N) is 1. The maximum absolute atomic E-state index is 12.1. The van der Waals surface area contributed by atoms with E-state index in [1.807, 2.05) is 24.3 Å². The summed E-state index contributed by atoms with van der Waals surface area (Å²) < 4.78 is 10.3. The number of hydrogen-bond donors (Lipinski definition) is 4. The molecule has 0 radical (unpaired) electrons. The third-order valence-electron chi connectivity index (χ3n) is 3.78.